The number of hydrogen-bond donors (Lipinski definition) is 0. The Labute approximate surface area is 93.0 Å². The van der Waals surface area contributed by atoms with Gasteiger partial charge in [0.05, 0.1) is 0 Å². The molecule has 0 unspecified atom stereocenters. The highest BCUT2D eigenvalue weighted by atomic mass is 79.9. The fourth-order valence-electron chi connectivity index (χ4n) is 1.31. The van der Waals surface area contributed by atoms with Crippen molar-refractivity contribution in [2.45, 2.75) is 20.3 Å². The van der Waals surface area contributed by atoms with Crippen LogP contribution in [0.1, 0.15) is 29.3 Å². The SMILES string of the molecule is C=C(C)CC(=O)c1ccc(Br)cc1C. The van der Waals surface area contributed by atoms with Gasteiger partial charge in [-0.1, -0.05) is 34.1 Å². The van der Waals surface area contributed by atoms with Gasteiger partial charge in [0.15, 0.2) is 5.78 Å². The van der Waals surface area contributed by atoms with Crippen LogP contribution in [0.25, 0.3) is 0 Å². The predicted molar refractivity (Wildman–Crippen MR) is 62.6 cm³/mol. The van der Waals surface area contributed by atoms with Crippen LogP contribution < -0.4 is 0 Å². The average molecular weight is 253 g/mol. The maximum Gasteiger partial charge on any atom is 0.167 e. The van der Waals surface area contributed by atoms with Gasteiger partial charge in [0.25, 0.3) is 0 Å². The van der Waals surface area contributed by atoms with Crippen LogP contribution in [0.15, 0.2) is 34.8 Å². The molecule has 0 spiro atoms. The molecule has 1 aromatic rings. The van der Waals surface area contributed by atoms with E-state index in [2.05, 4.69) is 22.5 Å². The van der Waals surface area contributed by atoms with Crippen LogP contribution >= 0.6 is 15.9 Å². The lowest BCUT2D eigenvalue weighted by molar-refractivity contribution is 0.0992. The highest BCUT2D eigenvalue weighted by Crippen LogP contribution is 2.18. The van der Waals surface area contributed by atoms with Crippen LogP contribution in [-0.4, -0.2) is 5.78 Å². The van der Waals surface area contributed by atoms with E-state index in [4.69, 9.17) is 0 Å². The van der Waals surface area contributed by atoms with Crippen LogP contribution in [0, 0.1) is 6.92 Å². The maximum atomic E-state index is 11.7. The van der Waals surface area contributed by atoms with E-state index in [1.807, 2.05) is 32.0 Å². The van der Waals surface area contributed by atoms with Crippen molar-refractivity contribution < 1.29 is 4.79 Å². The van der Waals surface area contributed by atoms with Crippen molar-refractivity contribution in [1.82, 2.24) is 0 Å². The number of ketones is 1. The third-order valence-electron chi connectivity index (χ3n) is 1.95. The van der Waals surface area contributed by atoms with Crippen molar-refractivity contribution in [1.29, 1.82) is 0 Å². The number of benzene rings is 1. The number of carbonyl (C=O) groups is 1. The summed E-state index contributed by atoms with van der Waals surface area (Å²) >= 11 is 3.37. The lowest BCUT2D eigenvalue weighted by Gasteiger charge is -2.04. The summed E-state index contributed by atoms with van der Waals surface area (Å²) in [6.07, 6.45) is 0.433. The second-order valence-corrected chi connectivity index (χ2v) is 4.43. The number of carbonyl (C=O) groups excluding carboxylic acids is 1. The predicted octanol–water partition coefficient (Wildman–Crippen LogP) is 3.91. The van der Waals surface area contributed by atoms with Crippen LogP contribution in [0.3, 0.4) is 0 Å². The summed E-state index contributed by atoms with van der Waals surface area (Å²) in [6, 6.07) is 5.69. The molecule has 0 aliphatic carbocycles. The minimum atomic E-state index is 0.141. The van der Waals surface area contributed by atoms with Gasteiger partial charge in [0, 0.05) is 16.5 Å². The van der Waals surface area contributed by atoms with Crippen LogP contribution in [-0.2, 0) is 0 Å². The Morgan fingerprint density at radius 3 is 2.64 bits per heavy atom. The fourth-order valence-corrected chi connectivity index (χ4v) is 1.78. The molecule has 0 aliphatic heterocycles. The summed E-state index contributed by atoms with van der Waals surface area (Å²) in [4.78, 5) is 11.7. The zero-order valence-corrected chi connectivity index (χ0v) is 10.0. The van der Waals surface area contributed by atoms with E-state index >= 15 is 0 Å². The first-order valence-corrected chi connectivity index (χ1v) is 5.23. The van der Waals surface area contributed by atoms with Gasteiger partial charge in [0.1, 0.15) is 0 Å². The summed E-state index contributed by atoms with van der Waals surface area (Å²) in [5, 5.41) is 0. The van der Waals surface area contributed by atoms with Gasteiger partial charge in [0.2, 0.25) is 0 Å². The smallest absolute Gasteiger partial charge is 0.167 e. The second-order valence-electron chi connectivity index (χ2n) is 3.52. The van der Waals surface area contributed by atoms with E-state index in [1.54, 1.807) is 0 Å². The number of hydrogen-bond acceptors (Lipinski definition) is 1. The third kappa shape index (κ3) is 2.81. The molecule has 0 aliphatic rings. The van der Waals surface area contributed by atoms with Gasteiger partial charge in [-0.05, 0) is 31.5 Å². The Bertz CT molecular complexity index is 380. The molecule has 14 heavy (non-hydrogen) atoms. The van der Waals surface area contributed by atoms with Gasteiger partial charge < -0.3 is 0 Å². The van der Waals surface area contributed by atoms with Crippen molar-refractivity contribution in [2.24, 2.45) is 0 Å². The average Bonchev–Trinajstić information content (AvgIpc) is 2.01. The van der Waals surface area contributed by atoms with Crippen molar-refractivity contribution in [2.75, 3.05) is 0 Å². The highest BCUT2D eigenvalue weighted by Gasteiger charge is 2.08. The van der Waals surface area contributed by atoms with Crippen LogP contribution in [0.2, 0.25) is 0 Å². The molecule has 0 bridgehead atoms. The molecule has 0 N–H and O–H groups in total. The third-order valence-corrected chi connectivity index (χ3v) is 2.44. The molecule has 0 fully saturated rings. The second kappa shape index (κ2) is 4.56. The van der Waals surface area contributed by atoms with Crippen molar-refractivity contribution >= 4 is 21.7 Å². The van der Waals surface area contributed by atoms with E-state index in [0.29, 0.717) is 6.42 Å². The quantitative estimate of drug-likeness (QED) is 0.589. The summed E-state index contributed by atoms with van der Waals surface area (Å²) in [7, 11) is 0. The largest absolute Gasteiger partial charge is 0.294 e. The minimum absolute atomic E-state index is 0.141. The normalized spacial score (nSPS) is 9.93. The lowest BCUT2D eigenvalue weighted by atomic mass is 10.0. The van der Waals surface area contributed by atoms with Crippen molar-refractivity contribution in [3.63, 3.8) is 0 Å². The Kier molecular flexibility index (Phi) is 3.64. The van der Waals surface area contributed by atoms with E-state index < -0.39 is 0 Å². The number of rotatable bonds is 3. The standard InChI is InChI=1S/C12H13BrO/c1-8(2)6-12(14)11-5-4-10(13)7-9(11)3/h4-5,7H,1,6H2,2-3H3. The summed E-state index contributed by atoms with van der Waals surface area (Å²) in [6.45, 7) is 7.55. The molecule has 1 aromatic carbocycles. The van der Waals surface area contributed by atoms with Gasteiger partial charge in [-0.2, -0.15) is 0 Å². The Morgan fingerprint density at radius 1 is 1.50 bits per heavy atom. The lowest BCUT2D eigenvalue weighted by Crippen LogP contribution is -2.01. The molecule has 0 saturated carbocycles. The molecule has 0 atom stereocenters. The molecule has 0 radical (unpaired) electrons. The van der Waals surface area contributed by atoms with E-state index in [0.717, 1.165) is 21.2 Å². The topological polar surface area (TPSA) is 17.1 Å². The van der Waals surface area contributed by atoms with Gasteiger partial charge >= 0.3 is 0 Å². The molecular weight excluding hydrogens is 240 g/mol. The molecule has 0 amide bonds. The molecule has 74 valence electrons. The van der Waals surface area contributed by atoms with Gasteiger partial charge in [-0.15, -0.1) is 0 Å². The summed E-state index contributed by atoms with van der Waals surface area (Å²) < 4.78 is 1.00. The number of Topliss-reactive ketones (excluding diaryl/α,β-unsaturated/α-hetero) is 1. The monoisotopic (exact) mass is 252 g/mol. The molecule has 1 rings (SSSR count). The summed E-state index contributed by atoms with van der Waals surface area (Å²) in [5.41, 5.74) is 2.69. The zero-order valence-electron chi connectivity index (χ0n) is 8.43. The molecule has 2 heteroatoms. The molecule has 0 saturated heterocycles. The molecule has 0 aromatic heterocycles. The first-order valence-electron chi connectivity index (χ1n) is 4.44. The number of halogens is 1. The van der Waals surface area contributed by atoms with Crippen LogP contribution in [0.4, 0.5) is 0 Å². The molecular formula is C12H13BrO. The first kappa shape index (κ1) is 11.2. The number of aryl methyl sites for hydroxylation is 1. The van der Waals surface area contributed by atoms with Crippen molar-refractivity contribution in [3.05, 3.63) is 46.0 Å². The maximum absolute atomic E-state index is 11.7. The Morgan fingerprint density at radius 2 is 2.14 bits per heavy atom. The molecule has 0 heterocycles. The first-order chi connectivity index (χ1) is 6.50. The Hall–Kier alpha value is -0.890. The highest BCUT2D eigenvalue weighted by molar-refractivity contribution is 9.10. The van der Waals surface area contributed by atoms with E-state index in [-0.39, 0.29) is 5.78 Å². The summed E-state index contributed by atoms with van der Waals surface area (Å²) in [5.74, 6) is 0.141. The van der Waals surface area contributed by atoms with E-state index in [1.165, 1.54) is 0 Å². The Balaban J connectivity index is 2.96. The van der Waals surface area contributed by atoms with Gasteiger partial charge in [-0.25, -0.2) is 0 Å². The van der Waals surface area contributed by atoms with E-state index in [9.17, 15) is 4.79 Å². The fraction of sp³-hybridized carbons (Fsp3) is 0.250. The molecule has 1 nitrogen and oxygen atoms in total. The van der Waals surface area contributed by atoms with Gasteiger partial charge in [-0.3, -0.25) is 4.79 Å². The van der Waals surface area contributed by atoms with Crippen LogP contribution in [0.5, 0.6) is 0 Å². The minimum Gasteiger partial charge on any atom is -0.294 e. The number of allylic oxidation sites excluding steroid dienone is 1. The zero-order chi connectivity index (χ0) is 10.7. The van der Waals surface area contributed by atoms with Crippen molar-refractivity contribution in [3.8, 4) is 0 Å².